The van der Waals surface area contributed by atoms with Gasteiger partial charge in [-0.1, -0.05) is 24.3 Å². The molecule has 1 heterocycles. The zero-order valence-corrected chi connectivity index (χ0v) is 13.5. The highest BCUT2D eigenvalue weighted by Crippen LogP contribution is 2.21. The van der Waals surface area contributed by atoms with Crippen LogP contribution in [0.3, 0.4) is 0 Å². The van der Waals surface area contributed by atoms with E-state index in [9.17, 15) is 0 Å². The first-order chi connectivity index (χ1) is 11.1. The Morgan fingerprint density at radius 3 is 2.52 bits per heavy atom. The molecule has 0 aliphatic carbocycles. The molecule has 2 aromatic carbocycles. The minimum absolute atomic E-state index is 0.469. The Hall–Kier alpha value is -2.95. The van der Waals surface area contributed by atoms with Gasteiger partial charge in [-0.2, -0.15) is 10.1 Å². The van der Waals surface area contributed by atoms with Crippen LogP contribution in [-0.2, 0) is 0 Å². The Labute approximate surface area is 135 Å². The summed E-state index contributed by atoms with van der Waals surface area (Å²) in [5.41, 5.74) is 5.46. The summed E-state index contributed by atoms with van der Waals surface area (Å²) in [5, 5.41) is 14.5. The SMILES string of the molecule is Cc1cccc(Nc2cnnc(Nc3cc(C)ccc3C)n2)c1. The van der Waals surface area contributed by atoms with Gasteiger partial charge in [0.2, 0.25) is 5.95 Å². The van der Waals surface area contributed by atoms with E-state index in [4.69, 9.17) is 0 Å². The van der Waals surface area contributed by atoms with Gasteiger partial charge in [0.15, 0.2) is 5.82 Å². The summed E-state index contributed by atoms with van der Waals surface area (Å²) in [7, 11) is 0. The van der Waals surface area contributed by atoms with Crippen LogP contribution in [0.5, 0.6) is 0 Å². The molecule has 0 unspecified atom stereocenters. The van der Waals surface area contributed by atoms with E-state index >= 15 is 0 Å². The molecule has 0 saturated carbocycles. The maximum absolute atomic E-state index is 4.47. The van der Waals surface area contributed by atoms with Crippen LogP contribution in [-0.4, -0.2) is 15.2 Å². The summed E-state index contributed by atoms with van der Waals surface area (Å²) in [6.45, 7) is 6.15. The van der Waals surface area contributed by atoms with Gasteiger partial charge in [0, 0.05) is 11.4 Å². The quantitative estimate of drug-likeness (QED) is 0.753. The fourth-order valence-electron chi connectivity index (χ4n) is 2.28. The van der Waals surface area contributed by atoms with Crippen molar-refractivity contribution < 1.29 is 0 Å². The average molecular weight is 305 g/mol. The highest BCUT2D eigenvalue weighted by atomic mass is 15.3. The summed E-state index contributed by atoms with van der Waals surface area (Å²) in [6.07, 6.45) is 1.61. The molecule has 0 atom stereocenters. The fourth-order valence-corrected chi connectivity index (χ4v) is 2.28. The molecule has 3 aromatic rings. The first-order valence-electron chi connectivity index (χ1n) is 7.48. The number of hydrogen-bond donors (Lipinski definition) is 2. The third-order valence-corrected chi connectivity index (χ3v) is 3.49. The number of benzene rings is 2. The van der Waals surface area contributed by atoms with Crippen molar-refractivity contribution in [1.29, 1.82) is 0 Å². The third-order valence-electron chi connectivity index (χ3n) is 3.49. The zero-order valence-electron chi connectivity index (χ0n) is 13.5. The van der Waals surface area contributed by atoms with E-state index in [1.165, 1.54) is 11.1 Å². The molecule has 0 fully saturated rings. The first kappa shape index (κ1) is 15.0. The monoisotopic (exact) mass is 305 g/mol. The van der Waals surface area contributed by atoms with Gasteiger partial charge < -0.3 is 10.6 Å². The summed E-state index contributed by atoms with van der Waals surface area (Å²) < 4.78 is 0. The van der Waals surface area contributed by atoms with Gasteiger partial charge in [-0.05, 0) is 55.7 Å². The standard InChI is InChI=1S/C18H19N5/c1-12-5-4-6-15(9-12)20-17-11-19-23-18(22-17)21-16-10-13(2)7-8-14(16)3/h4-11H,1-3H3,(H2,20,21,22,23). The predicted octanol–water partition coefficient (Wildman–Crippen LogP) is 4.28. The molecule has 0 amide bonds. The number of hydrogen-bond acceptors (Lipinski definition) is 5. The van der Waals surface area contributed by atoms with Crippen molar-refractivity contribution in [2.24, 2.45) is 0 Å². The largest absolute Gasteiger partial charge is 0.339 e. The second-order valence-corrected chi connectivity index (χ2v) is 5.60. The van der Waals surface area contributed by atoms with Crippen molar-refractivity contribution in [3.8, 4) is 0 Å². The summed E-state index contributed by atoms with van der Waals surface area (Å²) >= 11 is 0. The lowest BCUT2D eigenvalue weighted by atomic mass is 10.1. The molecular weight excluding hydrogens is 286 g/mol. The van der Waals surface area contributed by atoms with E-state index < -0.39 is 0 Å². The van der Waals surface area contributed by atoms with Crippen molar-refractivity contribution >= 4 is 23.1 Å². The van der Waals surface area contributed by atoms with E-state index in [1.807, 2.05) is 19.1 Å². The Morgan fingerprint density at radius 1 is 0.870 bits per heavy atom. The second-order valence-electron chi connectivity index (χ2n) is 5.60. The molecule has 1 aromatic heterocycles. The summed E-state index contributed by atoms with van der Waals surface area (Å²) in [4.78, 5) is 4.47. The first-order valence-corrected chi connectivity index (χ1v) is 7.48. The Morgan fingerprint density at radius 2 is 1.70 bits per heavy atom. The molecule has 5 heteroatoms. The predicted molar refractivity (Wildman–Crippen MR) is 93.5 cm³/mol. The molecule has 0 spiro atoms. The van der Waals surface area contributed by atoms with Crippen molar-refractivity contribution in [2.45, 2.75) is 20.8 Å². The maximum Gasteiger partial charge on any atom is 0.249 e. The number of nitrogens with one attached hydrogen (secondary N) is 2. The molecule has 0 aliphatic heterocycles. The lowest BCUT2D eigenvalue weighted by Gasteiger charge is -2.10. The molecule has 2 N–H and O–H groups in total. The van der Waals surface area contributed by atoms with Crippen LogP contribution in [0, 0.1) is 20.8 Å². The molecular formula is C18H19N5. The molecule has 116 valence electrons. The van der Waals surface area contributed by atoms with Gasteiger partial charge in [0.1, 0.15) is 0 Å². The smallest absolute Gasteiger partial charge is 0.249 e. The van der Waals surface area contributed by atoms with E-state index in [0.717, 1.165) is 16.9 Å². The van der Waals surface area contributed by atoms with E-state index in [1.54, 1.807) is 6.20 Å². The van der Waals surface area contributed by atoms with Crippen molar-refractivity contribution in [3.05, 3.63) is 65.4 Å². The lowest BCUT2D eigenvalue weighted by Crippen LogP contribution is -2.03. The van der Waals surface area contributed by atoms with Gasteiger partial charge in [-0.15, -0.1) is 5.10 Å². The Bertz CT molecular complexity index is 829. The molecule has 0 saturated heterocycles. The van der Waals surface area contributed by atoms with Crippen molar-refractivity contribution in [1.82, 2.24) is 15.2 Å². The minimum atomic E-state index is 0.469. The topological polar surface area (TPSA) is 62.7 Å². The third kappa shape index (κ3) is 3.83. The Balaban J connectivity index is 1.81. The molecule has 23 heavy (non-hydrogen) atoms. The van der Waals surface area contributed by atoms with Gasteiger partial charge in [0.25, 0.3) is 0 Å². The number of anilines is 4. The normalized spacial score (nSPS) is 10.4. The zero-order chi connectivity index (χ0) is 16.2. The van der Waals surface area contributed by atoms with Gasteiger partial charge in [-0.25, -0.2) is 0 Å². The molecule has 0 bridgehead atoms. The van der Waals surface area contributed by atoms with Crippen molar-refractivity contribution in [2.75, 3.05) is 10.6 Å². The van der Waals surface area contributed by atoms with Crippen LogP contribution >= 0.6 is 0 Å². The van der Waals surface area contributed by atoms with E-state index in [0.29, 0.717) is 11.8 Å². The summed E-state index contributed by atoms with van der Waals surface area (Å²) in [6, 6.07) is 14.3. The highest BCUT2D eigenvalue weighted by Gasteiger charge is 2.04. The number of rotatable bonds is 4. The van der Waals surface area contributed by atoms with Gasteiger partial charge in [-0.3, -0.25) is 0 Å². The molecule has 5 nitrogen and oxygen atoms in total. The van der Waals surface area contributed by atoms with Crippen molar-refractivity contribution in [3.63, 3.8) is 0 Å². The van der Waals surface area contributed by atoms with Crippen LogP contribution in [0.2, 0.25) is 0 Å². The fraction of sp³-hybridized carbons (Fsp3) is 0.167. The van der Waals surface area contributed by atoms with Crippen LogP contribution in [0.25, 0.3) is 0 Å². The maximum atomic E-state index is 4.47. The number of aromatic nitrogens is 3. The molecule has 0 radical (unpaired) electrons. The van der Waals surface area contributed by atoms with Crippen LogP contribution in [0.1, 0.15) is 16.7 Å². The Kier molecular flexibility index (Phi) is 4.19. The minimum Gasteiger partial charge on any atom is -0.339 e. The second kappa shape index (κ2) is 6.44. The lowest BCUT2D eigenvalue weighted by molar-refractivity contribution is 0.981. The van der Waals surface area contributed by atoms with Crippen LogP contribution < -0.4 is 10.6 Å². The molecule has 3 rings (SSSR count). The molecule has 0 aliphatic rings. The number of aryl methyl sites for hydroxylation is 3. The van der Waals surface area contributed by atoms with Crippen LogP contribution in [0.4, 0.5) is 23.1 Å². The van der Waals surface area contributed by atoms with E-state index in [-0.39, 0.29) is 0 Å². The summed E-state index contributed by atoms with van der Waals surface area (Å²) in [5.74, 6) is 1.12. The van der Waals surface area contributed by atoms with E-state index in [2.05, 4.69) is 70.0 Å². The van der Waals surface area contributed by atoms with Crippen LogP contribution in [0.15, 0.2) is 48.7 Å². The van der Waals surface area contributed by atoms with Gasteiger partial charge >= 0.3 is 0 Å². The van der Waals surface area contributed by atoms with Gasteiger partial charge in [0.05, 0.1) is 6.20 Å². The number of nitrogens with zero attached hydrogens (tertiary/aromatic N) is 3. The highest BCUT2D eigenvalue weighted by molar-refractivity contribution is 5.61. The average Bonchev–Trinajstić information content (AvgIpc) is 2.51.